The number of nitrogens with zero attached hydrogens (tertiary/aromatic N) is 1. The first-order valence-electron chi connectivity index (χ1n) is 2.27. The zero-order valence-electron chi connectivity index (χ0n) is 4.05. The van der Waals surface area contributed by atoms with E-state index in [9.17, 15) is 0 Å². The summed E-state index contributed by atoms with van der Waals surface area (Å²) in [6, 6.07) is 0. The Kier molecular flexibility index (Phi) is 0.754. The van der Waals surface area contributed by atoms with E-state index in [-0.39, 0.29) is 0 Å². The van der Waals surface area contributed by atoms with E-state index >= 15 is 0 Å². The van der Waals surface area contributed by atoms with E-state index in [0.29, 0.717) is 6.61 Å². The molecule has 0 aromatic carbocycles. The minimum absolute atomic E-state index is 0.634. The Morgan fingerprint density at radius 1 is 1.88 bits per heavy atom. The van der Waals surface area contributed by atoms with Gasteiger partial charge in [0.1, 0.15) is 18.6 Å². The van der Waals surface area contributed by atoms with Crippen molar-refractivity contribution in [2.45, 2.75) is 0 Å². The molecule has 0 amide bonds. The topological polar surface area (TPSA) is 33.6 Å². The molecule has 1 N–H and O–H groups in total. The van der Waals surface area contributed by atoms with Gasteiger partial charge < -0.3 is 4.74 Å². The zero-order chi connectivity index (χ0) is 5.40. The minimum Gasteiger partial charge on any atom is -0.493 e. The minimum atomic E-state index is 0.634. The molecular weight excluding hydrogens is 124 g/mol. The molecule has 4 heteroatoms. The Morgan fingerprint density at radius 3 is 3.75 bits per heavy atom. The molecular formula is C4H4N2OS. The van der Waals surface area contributed by atoms with Crippen LogP contribution < -0.4 is 4.83 Å². The summed E-state index contributed by atoms with van der Waals surface area (Å²) in [5.41, 5.74) is 1.02. The second-order valence-electron chi connectivity index (χ2n) is 1.54. The number of hydrogen-bond acceptors (Lipinski definition) is 4. The molecule has 0 radical (unpaired) electrons. The third-order valence-electron chi connectivity index (χ3n) is 1.03. The van der Waals surface area contributed by atoms with Gasteiger partial charge >= 0.3 is 0 Å². The first-order valence-corrected chi connectivity index (χ1v) is 3.09. The van der Waals surface area contributed by atoms with Crippen LogP contribution in [-0.2, 0) is 4.74 Å². The van der Waals surface area contributed by atoms with Crippen LogP contribution in [0.15, 0.2) is 16.3 Å². The van der Waals surface area contributed by atoms with Gasteiger partial charge in [-0.2, -0.15) is 5.10 Å². The van der Waals surface area contributed by atoms with E-state index in [0.717, 1.165) is 10.6 Å². The van der Waals surface area contributed by atoms with E-state index in [4.69, 9.17) is 4.74 Å². The first kappa shape index (κ1) is 4.26. The Hall–Kier alpha value is -0.640. The van der Waals surface area contributed by atoms with Crippen LogP contribution in [0.2, 0.25) is 0 Å². The van der Waals surface area contributed by atoms with Crippen LogP contribution in [-0.4, -0.2) is 12.3 Å². The lowest BCUT2D eigenvalue weighted by Crippen LogP contribution is -1.95. The molecule has 8 heavy (non-hydrogen) atoms. The van der Waals surface area contributed by atoms with Crippen LogP contribution in [0.4, 0.5) is 0 Å². The zero-order valence-corrected chi connectivity index (χ0v) is 4.86. The summed E-state index contributed by atoms with van der Waals surface area (Å²) < 4.78 is 4.96. The van der Waals surface area contributed by atoms with Crippen molar-refractivity contribution in [2.24, 2.45) is 5.10 Å². The lowest BCUT2D eigenvalue weighted by atomic mass is 10.4. The second kappa shape index (κ2) is 1.42. The highest BCUT2D eigenvalue weighted by Gasteiger charge is 2.19. The molecule has 0 saturated heterocycles. The molecule has 0 aliphatic carbocycles. The molecule has 0 spiro atoms. The molecule has 0 fully saturated rings. The van der Waals surface area contributed by atoms with Crippen LogP contribution in [0, 0.1) is 0 Å². The van der Waals surface area contributed by atoms with Gasteiger partial charge in [0.05, 0.1) is 4.91 Å². The Labute approximate surface area is 50.9 Å². The maximum absolute atomic E-state index is 4.96. The molecule has 0 aromatic heterocycles. The van der Waals surface area contributed by atoms with Gasteiger partial charge in [0.2, 0.25) is 0 Å². The standard InChI is InChI=1S/C4H4N2OS/c1-3-4(2-7-1)8-6-5-3/h2,6H,1H2. The van der Waals surface area contributed by atoms with E-state index in [2.05, 4.69) is 9.93 Å². The Balaban J connectivity index is 2.37. The van der Waals surface area contributed by atoms with E-state index < -0.39 is 0 Å². The van der Waals surface area contributed by atoms with Gasteiger partial charge in [-0.1, -0.05) is 0 Å². The van der Waals surface area contributed by atoms with Crippen LogP contribution in [0.25, 0.3) is 0 Å². The fraction of sp³-hybridized carbons (Fsp3) is 0.250. The van der Waals surface area contributed by atoms with Crippen molar-refractivity contribution >= 4 is 17.7 Å². The monoisotopic (exact) mass is 128 g/mol. The van der Waals surface area contributed by atoms with Crippen molar-refractivity contribution in [1.29, 1.82) is 0 Å². The van der Waals surface area contributed by atoms with Crippen molar-refractivity contribution in [3.63, 3.8) is 0 Å². The van der Waals surface area contributed by atoms with Gasteiger partial charge in [-0.25, -0.2) is 4.83 Å². The molecule has 2 rings (SSSR count). The smallest absolute Gasteiger partial charge is 0.132 e. The predicted molar refractivity (Wildman–Crippen MR) is 32.2 cm³/mol. The molecule has 0 aromatic rings. The van der Waals surface area contributed by atoms with Gasteiger partial charge in [0.15, 0.2) is 0 Å². The average Bonchev–Trinajstić information content (AvgIpc) is 2.15. The summed E-state index contributed by atoms with van der Waals surface area (Å²) >= 11 is 1.50. The molecule has 0 atom stereocenters. The summed E-state index contributed by atoms with van der Waals surface area (Å²) in [7, 11) is 0. The Morgan fingerprint density at radius 2 is 2.88 bits per heavy atom. The van der Waals surface area contributed by atoms with E-state index in [1.54, 1.807) is 6.26 Å². The van der Waals surface area contributed by atoms with Gasteiger partial charge in [0, 0.05) is 11.9 Å². The van der Waals surface area contributed by atoms with Gasteiger partial charge in [-0.15, -0.1) is 0 Å². The largest absolute Gasteiger partial charge is 0.493 e. The lowest BCUT2D eigenvalue weighted by molar-refractivity contribution is 0.315. The number of hydrogen-bond donors (Lipinski definition) is 1. The summed E-state index contributed by atoms with van der Waals surface area (Å²) in [4.78, 5) is 3.90. The third-order valence-corrected chi connectivity index (χ3v) is 1.77. The fourth-order valence-corrected chi connectivity index (χ4v) is 1.23. The number of ether oxygens (including phenoxy) is 1. The van der Waals surface area contributed by atoms with E-state index in [1.807, 2.05) is 0 Å². The number of nitrogens with one attached hydrogen (secondary N) is 1. The highest BCUT2D eigenvalue weighted by atomic mass is 32.2. The molecule has 3 nitrogen and oxygen atoms in total. The van der Waals surface area contributed by atoms with Crippen LogP contribution >= 0.6 is 11.9 Å². The summed E-state index contributed by atoms with van der Waals surface area (Å²) in [6.07, 6.45) is 1.73. The quantitative estimate of drug-likeness (QED) is 0.481. The molecule has 0 unspecified atom stereocenters. The summed E-state index contributed by atoms with van der Waals surface area (Å²) in [5.74, 6) is 0. The van der Waals surface area contributed by atoms with Crippen LogP contribution in [0.1, 0.15) is 0 Å². The Bertz CT molecular complexity index is 155. The third kappa shape index (κ3) is 0.432. The lowest BCUT2D eigenvalue weighted by Gasteiger charge is -1.85. The van der Waals surface area contributed by atoms with Crippen molar-refractivity contribution in [1.82, 2.24) is 4.83 Å². The molecule has 2 aliphatic heterocycles. The first-order chi connectivity index (χ1) is 3.97. The van der Waals surface area contributed by atoms with Crippen molar-refractivity contribution in [3.8, 4) is 0 Å². The average molecular weight is 128 g/mol. The van der Waals surface area contributed by atoms with Crippen LogP contribution in [0.5, 0.6) is 0 Å². The van der Waals surface area contributed by atoms with Gasteiger partial charge in [-0.05, 0) is 0 Å². The fourth-order valence-electron chi connectivity index (χ4n) is 0.633. The normalized spacial score (nSPS) is 23.0. The van der Waals surface area contributed by atoms with Crippen molar-refractivity contribution < 1.29 is 4.74 Å². The SMILES string of the molecule is C1=C2SNN=C2CO1. The highest BCUT2D eigenvalue weighted by molar-refractivity contribution is 8.02. The number of fused-ring (bicyclic) bond motifs is 1. The molecule has 2 aliphatic rings. The molecule has 0 saturated carbocycles. The van der Waals surface area contributed by atoms with Crippen molar-refractivity contribution in [2.75, 3.05) is 6.61 Å². The molecule has 42 valence electrons. The number of rotatable bonds is 0. The summed E-state index contributed by atoms with van der Waals surface area (Å²) in [6.45, 7) is 0.634. The van der Waals surface area contributed by atoms with Crippen molar-refractivity contribution in [3.05, 3.63) is 11.2 Å². The van der Waals surface area contributed by atoms with Gasteiger partial charge in [0.25, 0.3) is 0 Å². The van der Waals surface area contributed by atoms with Gasteiger partial charge in [-0.3, -0.25) is 0 Å². The maximum atomic E-state index is 4.96. The predicted octanol–water partition coefficient (Wildman–Crippen LogP) is 0.465. The summed E-state index contributed by atoms with van der Waals surface area (Å²) in [5, 5.41) is 3.93. The van der Waals surface area contributed by atoms with E-state index in [1.165, 1.54) is 11.9 Å². The number of hydrazone groups is 1. The highest BCUT2D eigenvalue weighted by Crippen LogP contribution is 2.23. The van der Waals surface area contributed by atoms with Crippen LogP contribution in [0.3, 0.4) is 0 Å². The molecule has 2 heterocycles. The molecule has 0 bridgehead atoms. The second-order valence-corrected chi connectivity index (χ2v) is 2.37. The maximum Gasteiger partial charge on any atom is 0.132 e.